The molecule has 1 N–H and O–H groups in total. The number of hydrogen-bond donors (Lipinski definition) is 1. The molecule has 2 aromatic rings. The maximum absolute atomic E-state index is 12.6. The van der Waals surface area contributed by atoms with Crippen LogP contribution in [-0.4, -0.2) is 57.9 Å². The summed E-state index contributed by atoms with van der Waals surface area (Å²) in [5, 5.41) is 3.85. The van der Waals surface area contributed by atoms with Gasteiger partial charge in [0.05, 0.1) is 33.5 Å². The van der Waals surface area contributed by atoms with Gasteiger partial charge in [0, 0.05) is 31.1 Å². The van der Waals surface area contributed by atoms with Crippen molar-refractivity contribution in [3.63, 3.8) is 0 Å². The summed E-state index contributed by atoms with van der Waals surface area (Å²) in [7, 11) is 3.25. The summed E-state index contributed by atoms with van der Waals surface area (Å²) in [6.45, 7) is 5.49. The van der Waals surface area contributed by atoms with Crippen LogP contribution in [-0.2, 0) is 16.0 Å². The number of carbonyl (C=O) groups excluding carboxylic acids is 1. The Kier molecular flexibility index (Phi) is 8.58. The third-order valence-electron chi connectivity index (χ3n) is 5.65. The number of ether oxygens (including phenoxy) is 3. The van der Waals surface area contributed by atoms with Gasteiger partial charge in [0.25, 0.3) is 0 Å². The van der Waals surface area contributed by atoms with Crippen LogP contribution in [0.3, 0.4) is 0 Å². The zero-order chi connectivity index (χ0) is 22.2. The maximum Gasteiger partial charge on any atom is 0.220 e. The number of carbonyl (C=O) groups is 1. The van der Waals surface area contributed by atoms with Crippen molar-refractivity contribution < 1.29 is 19.0 Å². The van der Waals surface area contributed by atoms with Crippen molar-refractivity contribution in [2.45, 2.75) is 25.8 Å². The molecular weight excluding hydrogens is 416 g/mol. The van der Waals surface area contributed by atoms with Gasteiger partial charge < -0.3 is 19.5 Å². The molecule has 0 radical (unpaired) electrons. The van der Waals surface area contributed by atoms with Crippen molar-refractivity contribution in [2.75, 3.05) is 47.1 Å². The Labute approximate surface area is 189 Å². The predicted molar refractivity (Wildman–Crippen MR) is 122 cm³/mol. The second-order valence-electron chi connectivity index (χ2n) is 7.67. The maximum atomic E-state index is 12.6. The first-order valence-electron chi connectivity index (χ1n) is 10.6. The van der Waals surface area contributed by atoms with Crippen LogP contribution in [0, 0.1) is 6.92 Å². The largest absolute Gasteiger partial charge is 0.493 e. The lowest BCUT2D eigenvalue weighted by atomic mass is 10.0. The van der Waals surface area contributed by atoms with Gasteiger partial charge in [0.2, 0.25) is 5.91 Å². The molecule has 0 saturated carbocycles. The normalized spacial score (nSPS) is 15.4. The Morgan fingerprint density at radius 2 is 1.87 bits per heavy atom. The van der Waals surface area contributed by atoms with Crippen LogP contribution < -0.4 is 14.8 Å². The molecule has 3 rings (SSSR count). The SMILES string of the molecule is COc1ccc(C(CNC(=O)CCc2ccc(C)c(Cl)c2)N2CCOCC2)cc1OC. The molecular formula is C24H31ClN2O4. The van der Waals surface area contributed by atoms with Gasteiger partial charge in [0.1, 0.15) is 0 Å². The summed E-state index contributed by atoms with van der Waals surface area (Å²) >= 11 is 6.20. The molecule has 31 heavy (non-hydrogen) atoms. The predicted octanol–water partition coefficient (Wildman–Crippen LogP) is 3.79. The van der Waals surface area contributed by atoms with Crippen LogP contribution in [0.2, 0.25) is 5.02 Å². The van der Waals surface area contributed by atoms with Gasteiger partial charge in [-0.3, -0.25) is 9.69 Å². The van der Waals surface area contributed by atoms with E-state index in [4.69, 9.17) is 25.8 Å². The highest BCUT2D eigenvalue weighted by Gasteiger charge is 2.24. The molecule has 168 valence electrons. The van der Waals surface area contributed by atoms with E-state index in [0.29, 0.717) is 44.1 Å². The zero-order valence-electron chi connectivity index (χ0n) is 18.4. The highest BCUT2D eigenvalue weighted by atomic mass is 35.5. The number of rotatable bonds is 9. The lowest BCUT2D eigenvalue weighted by molar-refractivity contribution is -0.121. The molecule has 1 atom stereocenters. The molecule has 1 unspecified atom stereocenters. The Bertz CT molecular complexity index is 884. The molecule has 0 spiro atoms. The van der Waals surface area contributed by atoms with E-state index in [2.05, 4.69) is 10.2 Å². The third-order valence-corrected chi connectivity index (χ3v) is 6.06. The number of benzene rings is 2. The minimum Gasteiger partial charge on any atom is -0.493 e. The van der Waals surface area contributed by atoms with Gasteiger partial charge in [-0.15, -0.1) is 0 Å². The minimum atomic E-state index is 0.0235. The van der Waals surface area contributed by atoms with Crippen molar-refractivity contribution in [3.8, 4) is 11.5 Å². The van der Waals surface area contributed by atoms with Crippen molar-refractivity contribution in [1.29, 1.82) is 0 Å². The quantitative estimate of drug-likeness (QED) is 0.635. The van der Waals surface area contributed by atoms with Gasteiger partial charge in [-0.2, -0.15) is 0 Å². The molecule has 1 aliphatic heterocycles. The topological polar surface area (TPSA) is 60.0 Å². The van der Waals surface area contributed by atoms with E-state index in [1.807, 2.05) is 43.3 Å². The van der Waals surface area contributed by atoms with Crippen molar-refractivity contribution >= 4 is 17.5 Å². The number of amides is 1. The molecule has 0 bridgehead atoms. The standard InChI is InChI=1S/C24H31ClN2O4/c1-17-4-5-18(14-20(17)25)6-9-24(28)26-16-21(27-10-12-31-13-11-27)19-7-8-22(29-2)23(15-19)30-3/h4-5,7-8,14-15,21H,6,9-13,16H2,1-3H3,(H,26,28). The highest BCUT2D eigenvalue weighted by Crippen LogP contribution is 2.32. The molecule has 7 heteroatoms. The number of nitrogens with zero attached hydrogens (tertiary/aromatic N) is 1. The number of hydrogen-bond acceptors (Lipinski definition) is 5. The van der Waals surface area contributed by atoms with Crippen LogP contribution in [0.1, 0.15) is 29.2 Å². The smallest absolute Gasteiger partial charge is 0.220 e. The van der Waals surface area contributed by atoms with E-state index in [0.717, 1.165) is 34.8 Å². The van der Waals surface area contributed by atoms with Crippen LogP contribution in [0.15, 0.2) is 36.4 Å². The number of methoxy groups -OCH3 is 2. The van der Waals surface area contributed by atoms with Crippen molar-refractivity contribution in [3.05, 3.63) is 58.1 Å². The van der Waals surface area contributed by atoms with Gasteiger partial charge in [-0.25, -0.2) is 0 Å². The second-order valence-corrected chi connectivity index (χ2v) is 8.07. The molecule has 6 nitrogen and oxygen atoms in total. The molecule has 1 amide bonds. The van der Waals surface area contributed by atoms with E-state index in [1.54, 1.807) is 14.2 Å². The van der Waals surface area contributed by atoms with E-state index >= 15 is 0 Å². The third kappa shape index (κ3) is 6.35. The fraction of sp³-hybridized carbons (Fsp3) is 0.458. The Hall–Kier alpha value is -2.28. The number of aryl methyl sites for hydroxylation is 2. The van der Waals surface area contributed by atoms with Gasteiger partial charge in [-0.1, -0.05) is 29.8 Å². The Balaban J connectivity index is 1.65. The number of morpholine rings is 1. The molecule has 0 aliphatic carbocycles. The number of nitrogens with one attached hydrogen (secondary N) is 1. The van der Waals surface area contributed by atoms with E-state index in [-0.39, 0.29) is 11.9 Å². The fourth-order valence-corrected chi connectivity index (χ4v) is 3.96. The molecule has 2 aromatic carbocycles. The van der Waals surface area contributed by atoms with E-state index in [1.165, 1.54) is 0 Å². The van der Waals surface area contributed by atoms with E-state index < -0.39 is 0 Å². The summed E-state index contributed by atoms with van der Waals surface area (Å²) in [6, 6.07) is 11.9. The summed E-state index contributed by atoms with van der Waals surface area (Å²) in [6.07, 6.45) is 1.07. The summed E-state index contributed by atoms with van der Waals surface area (Å²) in [5.74, 6) is 1.39. The average molecular weight is 447 g/mol. The lowest BCUT2D eigenvalue weighted by Crippen LogP contribution is -2.43. The molecule has 1 heterocycles. The van der Waals surface area contributed by atoms with Crippen LogP contribution in [0.4, 0.5) is 0 Å². The van der Waals surface area contributed by atoms with Crippen molar-refractivity contribution in [1.82, 2.24) is 10.2 Å². The molecule has 1 aliphatic rings. The summed E-state index contributed by atoms with van der Waals surface area (Å²) in [4.78, 5) is 14.9. The van der Waals surface area contributed by atoms with Crippen molar-refractivity contribution in [2.24, 2.45) is 0 Å². The average Bonchev–Trinajstić information content (AvgIpc) is 2.80. The summed E-state index contributed by atoms with van der Waals surface area (Å²) < 4.78 is 16.4. The molecule has 1 fully saturated rings. The van der Waals surface area contributed by atoms with Crippen LogP contribution >= 0.6 is 11.6 Å². The van der Waals surface area contributed by atoms with Crippen LogP contribution in [0.25, 0.3) is 0 Å². The van der Waals surface area contributed by atoms with E-state index in [9.17, 15) is 4.79 Å². The monoisotopic (exact) mass is 446 g/mol. The molecule has 0 aromatic heterocycles. The van der Waals surface area contributed by atoms with Gasteiger partial charge >= 0.3 is 0 Å². The first-order chi connectivity index (χ1) is 15.0. The van der Waals surface area contributed by atoms with Crippen LogP contribution in [0.5, 0.6) is 11.5 Å². The summed E-state index contributed by atoms with van der Waals surface area (Å²) in [5.41, 5.74) is 3.18. The second kappa shape index (κ2) is 11.4. The lowest BCUT2D eigenvalue weighted by Gasteiger charge is -2.35. The fourth-order valence-electron chi connectivity index (χ4n) is 3.76. The Morgan fingerprint density at radius 1 is 1.13 bits per heavy atom. The first-order valence-corrected chi connectivity index (χ1v) is 10.9. The minimum absolute atomic E-state index is 0.0235. The molecule has 1 saturated heterocycles. The highest BCUT2D eigenvalue weighted by molar-refractivity contribution is 6.31. The first kappa shape index (κ1) is 23.4. The Morgan fingerprint density at radius 3 is 2.55 bits per heavy atom. The van der Waals surface area contributed by atoms with Gasteiger partial charge in [0.15, 0.2) is 11.5 Å². The van der Waals surface area contributed by atoms with Gasteiger partial charge in [-0.05, 0) is 48.2 Å². The number of halogens is 1. The zero-order valence-corrected chi connectivity index (χ0v) is 19.2.